The number of hydrogen-bond donors (Lipinski definition) is 4. The van der Waals surface area contributed by atoms with E-state index in [9.17, 15) is 14.4 Å². The lowest BCUT2D eigenvalue weighted by Gasteiger charge is -2.37. The van der Waals surface area contributed by atoms with Crippen LogP contribution < -0.4 is 27.3 Å². The number of ketones is 1. The average Bonchev–Trinajstić information content (AvgIpc) is 3.42. The van der Waals surface area contributed by atoms with Gasteiger partial charge in [0.2, 0.25) is 17.7 Å². The van der Waals surface area contributed by atoms with E-state index in [0.29, 0.717) is 62.5 Å². The summed E-state index contributed by atoms with van der Waals surface area (Å²) in [5.74, 6) is -0.519. The van der Waals surface area contributed by atoms with E-state index in [1.807, 2.05) is 0 Å². The molecule has 1 fully saturated rings. The number of pyridine rings is 1. The number of rotatable bonds is 6. The molecule has 1 saturated heterocycles. The molecule has 4 aromatic rings. The SMILES string of the molecule is C=CC(=O)N1CCCC(NC(=O)c2sc3c(N)ccc4c3c2C(N)C(=O)C4(N)c2ccc(Oc3cccnn3)nc2C)C1. The van der Waals surface area contributed by atoms with Crippen LogP contribution in [0.1, 0.15) is 50.9 Å². The number of likely N-dealkylation sites (tertiary alicyclic amines) is 1. The van der Waals surface area contributed by atoms with Gasteiger partial charge in [-0.3, -0.25) is 14.4 Å². The molecule has 0 saturated carbocycles. The molecule has 13 heteroatoms. The Kier molecular flexibility index (Phi) is 7.16. The van der Waals surface area contributed by atoms with Gasteiger partial charge in [0.1, 0.15) is 5.54 Å². The zero-order chi connectivity index (χ0) is 30.5. The lowest BCUT2D eigenvalue weighted by atomic mass is 9.70. The molecular formula is C30H30N8O4S. The predicted octanol–water partition coefficient (Wildman–Crippen LogP) is 2.46. The number of nitrogens with one attached hydrogen (secondary N) is 1. The van der Waals surface area contributed by atoms with E-state index < -0.39 is 17.4 Å². The Morgan fingerprint density at radius 1 is 1.21 bits per heavy atom. The van der Waals surface area contributed by atoms with Crippen LogP contribution >= 0.6 is 11.3 Å². The first-order valence-corrected chi connectivity index (χ1v) is 14.5. The highest BCUT2D eigenvalue weighted by Gasteiger charge is 2.49. The fraction of sp³-hybridized carbons (Fsp3) is 0.267. The number of ether oxygens (including phenoxy) is 1. The van der Waals surface area contributed by atoms with Gasteiger partial charge >= 0.3 is 0 Å². The van der Waals surface area contributed by atoms with Gasteiger partial charge < -0.3 is 32.2 Å². The second-order valence-electron chi connectivity index (χ2n) is 10.6. The van der Waals surface area contributed by atoms with Gasteiger partial charge in [0.05, 0.1) is 15.6 Å². The third-order valence-corrected chi connectivity index (χ3v) is 9.26. The average molecular weight is 599 g/mol. The second kappa shape index (κ2) is 10.8. The molecule has 1 aliphatic heterocycles. The summed E-state index contributed by atoms with van der Waals surface area (Å²) in [4.78, 5) is 46.5. The van der Waals surface area contributed by atoms with Crippen molar-refractivity contribution in [3.05, 3.63) is 82.5 Å². The smallest absolute Gasteiger partial charge is 0.262 e. The number of aromatic nitrogens is 3. The Morgan fingerprint density at radius 3 is 2.72 bits per heavy atom. The van der Waals surface area contributed by atoms with E-state index in [1.165, 1.54) is 23.6 Å². The number of benzene rings is 1. The van der Waals surface area contributed by atoms with Crippen LogP contribution in [0.25, 0.3) is 10.1 Å². The molecule has 0 radical (unpaired) electrons. The molecule has 7 N–H and O–H groups in total. The zero-order valence-electron chi connectivity index (χ0n) is 23.4. The molecule has 3 unspecified atom stereocenters. The van der Waals surface area contributed by atoms with E-state index >= 15 is 0 Å². The molecular weight excluding hydrogens is 568 g/mol. The van der Waals surface area contributed by atoms with Gasteiger partial charge in [-0.25, -0.2) is 4.98 Å². The standard InChI is InChI=1S/C30H30N8O4S/c1-3-22(39)38-13-5-6-16(14-38)36-29(41)27-24-23-18(8-10-19(31)26(23)43-27)30(33,28(40)25(24)32)17-9-11-20(35-15(17)2)42-21-7-4-12-34-37-21/h3-4,7-12,16,25H,1,5-6,13-14,31-33H2,2H3,(H,36,41). The van der Waals surface area contributed by atoms with Crippen LogP contribution in [0.3, 0.4) is 0 Å². The van der Waals surface area contributed by atoms with Crippen LogP contribution in [0.4, 0.5) is 5.69 Å². The number of nitrogen functional groups attached to an aromatic ring is 1. The number of nitrogens with two attached hydrogens (primary N) is 3. The topological polar surface area (TPSA) is 192 Å². The van der Waals surface area contributed by atoms with Gasteiger partial charge in [-0.15, -0.1) is 16.4 Å². The van der Waals surface area contributed by atoms with E-state index in [4.69, 9.17) is 21.9 Å². The molecule has 12 nitrogen and oxygen atoms in total. The van der Waals surface area contributed by atoms with Gasteiger partial charge in [0.25, 0.3) is 5.91 Å². The lowest BCUT2D eigenvalue weighted by molar-refractivity contribution is -0.127. The van der Waals surface area contributed by atoms with Crippen LogP contribution in [-0.4, -0.2) is 56.8 Å². The summed E-state index contributed by atoms with van der Waals surface area (Å²) in [5, 5.41) is 11.3. The van der Waals surface area contributed by atoms with Crippen molar-refractivity contribution in [1.82, 2.24) is 25.4 Å². The maximum Gasteiger partial charge on any atom is 0.262 e. The molecule has 2 aliphatic rings. The minimum absolute atomic E-state index is 0.182. The van der Waals surface area contributed by atoms with E-state index in [2.05, 4.69) is 27.1 Å². The summed E-state index contributed by atoms with van der Waals surface area (Å²) < 4.78 is 6.33. The molecule has 6 rings (SSSR count). The predicted molar refractivity (Wildman–Crippen MR) is 161 cm³/mol. The third-order valence-electron chi connectivity index (χ3n) is 8.00. The van der Waals surface area contributed by atoms with Gasteiger partial charge in [-0.05, 0) is 49.6 Å². The molecule has 0 bridgehead atoms. The normalized spacial score (nSPS) is 21.5. The molecule has 2 amide bonds. The Hall–Kier alpha value is -4.72. The molecule has 4 heterocycles. The number of anilines is 1. The van der Waals surface area contributed by atoms with Gasteiger partial charge in [0, 0.05) is 65.4 Å². The first-order chi connectivity index (χ1) is 20.6. The van der Waals surface area contributed by atoms with Crippen molar-refractivity contribution < 1.29 is 19.1 Å². The molecule has 0 spiro atoms. The van der Waals surface area contributed by atoms with Crippen molar-refractivity contribution in [3.63, 3.8) is 0 Å². The fourth-order valence-electron chi connectivity index (χ4n) is 5.96. The molecule has 3 aromatic heterocycles. The lowest BCUT2D eigenvalue weighted by Crippen LogP contribution is -2.53. The summed E-state index contributed by atoms with van der Waals surface area (Å²) in [5.41, 5.74) is 20.6. The van der Waals surface area contributed by atoms with E-state index in [-0.39, 0.29) is 29.6 Å². The van der Waals surface area contributed by atoms with Crippen molar-refractivity contribution in [2.75, 3.05) is 18.8 Å². The highest BCUT2D eigenvalue weighted by atomic mass is 32.1. The third kappa shape index (κ3) is 4.71. The Labute approximate surface area is 250 Å². The Bertz CT molecular complexity index is 1790. The van der Waals surface area contributed by atoms with Crippen molar-refractivity contribution in [3.8, 4) is 11.8 Å². The molecule has 220 valence electrons. The summed E-state index contributed by atoms with van der Waals surface area (Å²) in [6.45, 7) is 6.25. The number of hydrogen-bond acceptors (Lipinski definition) is 11. The first kappa shape index (κ1) is 28.4. The Morgan fingerprint density at radius 2 is 2.00 bits per heavy atom. The van der Waals surface area contributed by atoms with Crippen LogP contribution in [0, 0.1) is 6.92 Å². The molecule has 1 aliphatic carbocycles. The van der Waals surface area contributed by atoms with Crippen molar-refractivity contribution in [1.29, 1.82) is 0 Å². The summed E-state index contributed by atoms with van der Waals surface area (Å²) >= 11 is 1.18. The quantitative estimate of drug-likeness (QED) is 0.189. The first-order valence-electron chi connectivity index (χ1n) is 13.7. The summed E-state index contributed by atoms with van der Waals surface area (Å²) in [6, 6.07) is 8.55. The number of carbonyl (C=O) groups is 3. The second-order valence-corrected chi connectivity index (χ2v) is 11.7. The highest BCUT2D eigenvalue weighted by molar-refractivity contribution is 7.21. The Balaban J connectivity index is 1.39. The number of nitrogens with zero attached hydrogens (tertiary/aromatic N) is 4. The molecule has 3 atom stereocenters. The number of aryl methyl sites for hydroxylation is 1. The number of amides is 2. The summed E-state index contributed by atoms with van der Waals surface area (Å²) in [7, 11) is 0. The minimum Gasteiger partial charge on any atom is -0.419 e. The van der Waals surface area contributed by atoms with Crippen LogP contribution in [-0.2, 0) is 15.1 Å². The van der Waals surface area contributed by atoms with Crippen LogP contribution in [0.5, 0.6) is 11.8 Å². The van der Waals surface area contributed by atoms with Gasteiger partial charge in [0.15, 0.2) is 5.78 Å². The van der Waals surface area contributed by atoms with Gasteiger partial charge in [-0.1, -0.05) is 12.6 Å². The number of thiophene rings is 1. The van der Waals surface area contributed by atoms with Crippen molar-refractivity contribution in [2.45, 2.75) is 37.4 Å². The van der Waals surface area contributed by atoms with Crippen LogP contribution in [0.2, 0.25) is 0 Å². The highest BCUT2D eigenvalue weighted by Crippen LogP contribution is 2.50. The number of piperidine rings is 1. The van der Waals surface area contributed by atoms with Gasteiger partial charge in [-0.2, -0.15) is 5.10 Å². The largest absolute Gasteiger partial charge is 0.419 e. The number of carbonyl (C=O) groups excluding carboxylic acids is 3. The monoisotopic (exact) mass is 598 g/mol. The van der Waals surface area contributed by atoms with Crippen molar-refractivity contribution >= 4 is 44.7 Å². The maximum atomic E-state index is 14.1. The number of Topliss-reactive ketones (excluding diaryl/α,β-unsaturated/α-hetero) is 1. The fourth-order valence-corrected chi connectivity index (χ4v) is 7.17. The maximum absolute atomic E-state index is 14.1. The van der Waals surface area contributed by atoms with Crippen molar-refractivity contribution in [2.24, 2.45) is 11.5 Å². The summed E-state index contributed by atoms with van der Waals surface area (Å²) in [6.07, 6.45) is 4.25. The molecule has 1 aromatic carbocycles. The molecule has 43 heavy (non-hydrogen) atoms. The minimum atomic E-state index is -1.66. The van der Waals surface area contributed by atoms with E-state index in [0.717, 1.165) is 6.42 Å². The van der Waals surface area contributed by atoms with E-state index in [1.54, 1.807) is 48.2 Å². The zero-order valence-corrected chi connectivity index (χ0v) is 24.2. The van der Waals surface area contributed by atoms with Crippen LogP contribution in [0.15, 0.2) is 55.3 Å².